The second-order valence-electron chi connectivity index (χ2n) is 5.30. The van der Waals surface area contributed by atoms with Gasteiger partial charge < -0.3 is 10.4 Å². The Bertz CT molecular complexity index is 818. The van der Waals surface area contributed by atoms with Crippen LogP contribution in [0.3, 0.4) is 0 Å². The number of aromatic nitrogens is 4. The summed E-state index contributed by atoms with van der Waals surface area (Å²) in [6, 6.07) is 9.65. The van der Waals surface area contributed by atoms with E-state index < -0.39 is 6.10 Å². The molecule has 2 aromatic heterocycles. The van der Waals surface area contributed by atoms with Gasteiger partial charge in [0.2, 0.25) is 5.91 Å². The van der Waals surface area contributed by atoms with E-state index in [1.54, 1.807) is 18.5 Å². The molecule has 25 heavy (non-hydrogen) atoms. The molecule has 7 nitrogen and oxygen atoms in total. The van der Waals surface area contributed by atoms with Gasteiger partial charge in [-0.1, -0.05) is 30.0 Å². The predicted octanol–water partition coefficient (Wildman–Crippen LogP) is 2.38. The van der Waals surface area contributed by atoms with Crippen LogP contribution in [0.25, 0.3) is 5.69 Å². The number of aliphatic hydroxyl groups is 1. The van der Waals surface area contributed by atoms with Gasteiger partial charge in [-0.15, -0.1) is 21.5 Å². The van der Waals surface area contributed by atoms with Crippen LogP contribution in [0.4, 0.5) is 5.13 Å². The van der Waals surface area contributed by atoms with E-state index in [2.05, 4.69) is 20.5 Å². The van der Waals surface area contributed by atoms with Crippen LogP contribution < -0.4 is 5.32 Å². The number of thioether (sulfide) groups is 1. The lowest BCUT2D eigenvalue weighted by Crippen LogP contribution is -2.15. The van der Waals surface area contributed by atoms with Gasteiger partial charge in [0.15, 0.2) is 10.3 Å². The summed E-state index contributed by atoms with van der Waals surface area (Å²) in [7, 11) is 0. The fourth-order valence-corrected chi connectivity index (χ4v) is 3.51. The third-order valence-electron chi connectivity index (χ3n) is 3.20. The van der Waals surface area contributed by atoms with Crippen molar-refractivity contribution in [2.75, 3.05) is 11.1 Å². The molecular weight excluding hydrogens is 358 g/mol. The van der Waals surface area contributed by atoms with E-state index in [-0.39, 0.29) is 11.7 Å². The van der Waals surface area contributed by atoms with Crippen LogP contribution in [0, 0.1) is 0 Å². The zero-order chi connectivity index (χ0) is 17.6. The van der Waals surface area contributed by atoms with Crippen molar-refractivity contribution >= 4 is 34.1 Å². The molecule has 0 aliphatic carbocycles. The summed E-state index contributed by atoms with van der Waals surface area (Å²) < 4.78 is 1.87. The predicted molar refractivity (Wildman–Crippen MR) is 98.2 cm³/mol. The van der Waals surface area contributed by atoms with Crippen LogP contribution in [0.15, 0.2) is 47.1 Å². The minimum Gasteiger partial charge on any atom is -0.393 e. The summed E-state index contributed by atoms with van der Waals surface area (Å²) in [6.07, 6.45) is 1.49. The molecule has 1 atom stereocenters. The summed E-state index contributed by atoms with van der Waals surface area (Å²) in [5.74, 6) is 0.697. The Morgan fingerprint density at radius 3 is 2.84 bits per heavy atom. The monoisotopic (exact) mass is 375 g/mol. The van der Waals surface area contributed by atoms with Crippen LogP contribution in [-0.4, -0.2) is 42.6 Å². The van der Waals surface area contributed by atoms with Gasteiger partial charge in [0.25, 0.3) is 0 Å². The lowest BCUT2D eigenvalue weighted by atomic mass is 10.2. The molecule has 0 bridgehead atoms. The van der Waals surface area contributed by atoms with Crippen molar-refractivity contribution in [3.8, 4) is 5.69 Å². The van der Waals surface area contributed by atoms with Gasteiger partial charge in [-0.2, -0.15) is 0 Å². The van der Waals surface area contributed by atoms with Gasteiger partial charge in [0.1, 0.15) is 5.82 Å². The average molecular weight is 375 g/mol. The van der Waals surface area contributed by atoms with Crippen molar-refractivity contribution in [1.82, 2.24) is 19.7 Å². The number of amides is 1. The number of aliphatic hydroxyl groups excluding tert-OH is 1. The average Bonchev–Trinajstić information content (AvgIpc) is 3.23. The van der Waals surface area contributed by atoms with Crippen LogP contribution in [0.1, 0.15) is 12.7 Å². The number of nitrogens with zero attached hydrogens (tertiary/aromatic N) is 4. The minimum absolute atomic E-state index is 0.153. The van der Waals surface area contributed by atoms with Crippen molar-refractivity contribution in [1.29, 1.82) is 0 Å². The Morgan fingerprint density at radius 2 is 2.16 bits per heavy atom. The fourth-order valence-electron chi connectivity index (χ4n) is 2.20. The molecule has 1 amide bonds. The smallest absolute Gasteiger partial charge is 0.236 e. The molecule has 0 spiro atoms. The van der Waals surface area contributed by atoms with E-state index in [0.717, 1.165) is 5.69 Å². The second-order valence-corrected chi connectivity index (χ2v) is 7.13. The third-order valence-corrected chi connectivity index (χ3v) is 4.82. The van der Waals surface area contributed by atoms with Gasteiger partial charge >= 0.3 is 0 Å². The molecule has 3 rings (SSSR count). The number of carbonyl (C=O) groups is 1. The molecule has 1 aromatic carbocycles. The molecule has 0 radical (unpaired) electrons. The van der Waals surface area contributed by atoms with Gasteiger partial charge in [0, 0.05) is 23.7 Å². The Balaban J connectivity index is 1.76. The summed E-state index contributed by atoms with van der Waals surface area (Å²) in [4.78, 5) is 16.1. The first-order valence-corrected chi connectivity index (χ1v) is 9.50. The maximum absolute atomic E-state index is 12.1. The van der Waals surface area contributed by atoms with E-state index in [9.17, 15) is 9.90 Å². The van der Waals surface area contributed by atoms with Crippen molar-refractivity contribution in [2.24, 2.45) is 0 Å². The Labute approximate surface area is 153 Å². The summed E-state index contributed by atoms with van der Waals surface area (Å²) in [5, 5.41) is 23.8. The highest BCUT2D eigenvalue weighted by molar-refractivity contribution is 7.99. The van der Waals surface area contributed by atoms with Crippen molar-refractivity contribution in [3.05, 3.63) is 47.7 Å². The molecule has 0 saturated carbocycles. The Hall–Kier alpha value is -2.23. The third kappa shape index (κ3) is 4.65. The SMILES string of the molecule is C[C@@H](O)Cc1nnc(SCC(=O)Nc2nccs2)n1-c1ccccc1. The van der Waals surface area contributed by atoms with E-state index in [4.69, 9.17) is 0 Å². The number of para-hydroxylation sites is 1. The Morgan fingerprint density at radius 1 is 1.36 bits per heavy atom. The molecule has 0 saturated heterocycles. The lowest BCUT2D eigenvalue weighted by Gasteiger charge is -2.11. The zero-order valence-corrected chi connectivity index (χ0v) is 15.1. The van der Waals surface area contributed by atoms with Gasteiger partial charge in [-0.05, 0) is 19.1 Å². The van der Waals surface area contributed by atoms with Crippen LogP contribution >= 0.6 is 23.1 Å². The number of carbonyl (C=O) groups excluding carboxylic acids is 1. The maximum atomic E-state index is 12.1. The lowest BCUT2D eigenvalue weighted by molar-refractivity contribution is -0.113. The highest BCUT2D eigenvalue weighted by Gasteiger charge is 2.17. The maximum Gasteiger partial charge on any atom is 0.236 e. The fraction of sp³-hybridized carbons (Fsp3) is 0.250. The van der Waals surface area contributed by atoms with Crippen LogP contribution in [-0.2, 0) is 11.2 Å². The molecule has 0 fully saturated rings. The number of anilines is 1. The standard InChI is InChI=1S/C16H17N5O2S2/c1-11(22)9-13-19-20-16(21(13)12-5-3-2-4-6-12)25-10-14(23)18-15-17-7-8-24-15/h2-8,11,22H,9-10H2,1H3,(H,17,18,23)/t11-/m1/s1. The molecule has 3 aromatic rings. The minimum atomic E-state index is -0.530. The van der Waals surface area contributed by atoms with Crippen molar-refractivity contribution < 1.29 is 9.90 Å². The molecule has 0 unspecified atom stereocenters. The highest BCUT2D eigenvalue weighted by Crippen LogP contribution is 2.23. The normalized spacial score (nSPS) is 12.1. The molecule has 130 valence electrons. The molecule has 0 aliphatic rings. The first-order valence-electron chi connectivity index (χ1n) is 7.63. The number of rotatable bonds is 7. The summed E-state index contributed by atoms with van der Waals surface area (Å²) in [6.45, 7) is 1.71. The van der Waals surface area contributed by atoms with Gasteiger partial charge in [0.05, 0.1) is 11.9 Å². The summed E-state index contributed by atoms with van der Waals surface area (Å²) in [5.41, 5.74) is 0.894. The Kier molecular flexibility index (Phi) is 5.79. The number of hydrogen-bond acceptors (Lipinski definition) is 7. The summed E-state index contributed by atoms with van der Waals surface area (Å²) >= 11 is 2.66. The van der Waals surface area contributed by atoms with E-state index >= 15 is 0 Å². The number of hydrogen-bond donors (Lipinski definition) is 2. The van der Waals surface area contributed by atoms with E-state index in [1.165, 1.54) is 23.1 Å². The molecule has 2 N–H and O–H groups in total. The molecule has 9 heteroatoms. The topological polar surface area (TPSA) is 92.9 Å². The van der Waals surface area contributed by atoms with Gasteiger partial charge in [-0.3, -0.25) is 9.36 Å². The van der Waals surface area contributed by atoms with Crippen molar-refractivity contribution in [2.45, 2.75) is 24.6 Å². The quantitative estimate of drug-likeness (QED) is 0.616. The number of nitrogens with one attached hydrogen (secondary N) is 1. The number of thiazole rings is 1. The van der Waals surface area contributed by atoms with Gasteiger partial charge in [-0.25, -0.2) is 4.98 Å². The number of benzene rings is 1. The molecular formula is C16H17N5O2S2. The van der Waals surface area contributed by atoms with E-state index in [0.29, 0.717) is 22.5 Å². The van der Waals surface area contributed by atoms with Crippen molar-refractivity contribution in [3.63, 3.8) is 0 Å². The van der Waals surface area contributed by atoms with E-state index in [1.807, 2.05) is 34.9 Å². The first kappa shape index (κ1) is 17.6. The highest BCUT2D eigenvalue weighted by atomic mass is 32.2. The van der Waals surface area contributed by atoms with Crippen LogP contribution in [0.2, 0.25) is 0 Å². The zero-order valence-electron chi connectivity index (χ0n) is 13.5. The second kappa shape index (κ2) is 8.24. The largest absolute Gasteiger partial charge is 0.393 e. The van der Waals surface area contributed by atoms with Crippen LogP contribution in [0.5, 0.6) is 0 Å². The molecule has 2 heterocycles. The molecule has 0 aliphatic heterocycles. The first-order chi connectivity index (χ1) is 12.1.